The van der Waals surface area contributed by atoms with E-state index in [0.29, 0.717) is 5.92 Å². The maximum atomic E-state index is 6.08. The highest BCUT2D eigenvalue weighted by molar-refractivity contribution is 6.30. The van der Waals surface area contributed by atoms with Gasteiger partial charge in [-0.3, -0.25) is 0 Å². The topological polar surface area (TPSA) is 12.0 Å². The first-order chi connectivity index (χ1) is 9.97. The molecular weight excluding hydrogens is 301 g/mol. The molecule has 3 heteroatoms. The van der Waals surface area contributed by atoms with Crippen molar-refractivity contribution in [3.05, 3.63) is 69.7 Å². The molecule has 0 heterocycles. The Balaban J connectivity index is 2.18. The first-order valence-corrected chi connectivity index (χ1v) is 8.00. The van der Waals surface area contributed by atoms with Crippen molar-refractivity contribution in [2.75, 3.05) is 0 Å². The van der Waals surface area contributed by atoms with Gasteiger partial charge in [0.25, 0.3) is 0 Å². The zero-order chi connectivity index (χ0) is 15.4. The first kappa shape index (κ1) is 16.4. The first-order valence-electron chi connectivity index (χ1n) is 7.24. The SMILES string of the molecule is CC(NC(c1ccc(Cl)cc1)C(C)C)c1cccc(Cl)c1. The van der Waals surface area contributed by atoms with Gasteiger partial charge in [-0.05, 0) is 48.2 Å². The average molecular weight is 322 g/mol. The Kier molecular flexibility index (Phi) is 5.69. The normalized spacial score (nSPS) is 14.2. The summed E-state index contributed by atoms with van der Waals surface area (Å²) in [5, 5.41) is 5.23. The van der Waals surface area contributed by atoms with Crippen LogP contribution in [0.3, 0.4) is 0 Å². The standard InChI is InChI=1S/C18H21Cl2N/c1-12(2)18(14-7-9-16(19)10-8-14)21-13(3)15-5-4-6-17(20)11-15/h4-13,18,21H,1-3H3. The summed E-state index contributed by atoms with van der Waals surface area (Å²) in [6, 6.07) is 16.6. The van der Waals surface area contributed by atoms with E-state index in [1.54, 1.807) is 0 Å². The molecule has 2 rings (SSSR count). The largest absolute Gasteiger partial charge is 0.303 e. The highest BCUT2D eigenvalue weighted by Crippen LogP contribution is 2.27. The van der Waals surface area contributed by atoms with Crippen molar-refractivity contribution < 1.29 is 0 Å². The third kappa shape index (κ3) is 4.47. The van der Waals surface area contributed by atoms with Gasteiger partial charge < -0.3 is 5.32 Å². The smallest absolute Gasteiger partial charge is 0.0409 e. The Morgan fingerprint density at radius 1 is 0.810 bits per heavy atom. The third-order valence-electron chi connectivity index (χ3n) is 3.67. The summed E-state index contributed by atoms with van der Waals surface area (Å²) in [6.07, 6.45) is 0. The fourth-order valence-electron chi connectivity index (χ4n) is 2.49. The van der Waals surface area contributed by atoms with Crippen LogP contribution in [0.15, 0.2) is 48.5 Å². The van der Waals surface area contributed by atoms with Gasteiger partial charge in [-0.25, -0.2) is 0 Å². The lowest BCUT2D eigenvalue weighted by Gasteiger charge is -2.27. The molecule has 0 fully saturated rings. The molecular formula is C18H21Cl2N. The van der Waals surface area contributed by atoms with Crippen molar-refractivity contribution in [1.29, 1.82) is 0 Å². The summed E-state index contributed by atoms with van der Waals surface area (Å²) in [6.45, 7) is 6.60. The predicted octanol–water partition coefficient (Wildman–Crippen LogP) is 6.04. The Hall–Kier alpha value is -1.02. The molecule has 0 aliphatic heterocycles. The van der Waals surface area contributed by atoms with Crippen LogP contribution in [0.5, 0.6) is 0 Å². The van der Waals surface area contributed by atoms with Crippen LogP contribution in [0.1, 0.15) is 44.0 Å². The third-order valence-corrected chi connectivity index (χ3v) is 4.16. The molecule has 1 nitrogen and oxygen atoms in total. The van der Waals surface area contributed by atoms with Crippen LogP contribution in [0, 0.1) is 5.92 Å². The number of benzene rings is 2. The van der Waals surface area contributed by atoms with E-state index in [1.807, 2.05) is 30.3 Å². The molecule has 0 aliphatic rings. The molecule has 0 saturated carbocycles. The number of hydrogen-bond acceptors (Lipinski definition) is 1. The average Bonchev–Trinajstić information content (AvgIpc) is 2.45. The summed E-state index contributed by atoms with van der Waals surface area (Å²) in [5.41, 5.74) is 2.45. The van der Waals surface area contributed by atoms with Crippen molar-refractivity contribution in [2.24, 2.45) is 5.92 Å². The summed E-state index contributed by atoms with van der Waals surface area (Å²) in [4.78, 5) is 0. The van der Waals surface area contributed by atoms with Crippen LogP contribution >= 0.6 is 23.2 Å². The lowest BCUT2D eigenvalue weighted by atomic mass is 9.94. The van der Waals surface area contributed by atoms with Gasteiger partial charge in [0.15, 0.2) is 0 Å². The van der Waals surface area contributed by atoms with Crippen LogP contribution in [0.25, 0.3) is 0 Å². The van der Waals surface area contributed by atoms with Gasteiger partial charge >= 0.3 is 0 Å². The molecule has 2 aromatic carbocycles. The van der Waals surface area contributed by atoms with E-state index < -0.39 is 0 Å². The van der Waals surface area contributed by atoms with Crippen LogP contribution in [-0.2, 0) is 0 Å². The maximum Gasteiger partial charge on any atom is 0.0409 e. The fraction of sp³-hybridized carbons (Fsp3) is 0.333. The molecule has 2 aromatic rings. The van der Waals surface area contributed by atoms with Crippen molar-refractivity contribution in [2.45, 2.75) is 32.9 Å². The number of halogens is 2. The van der Waals surface area contributed by atoms with Gasteiger partial charge in [0.1, 0.15) is 0 Å². The van der Waals surface area contributed by atoms with Crippen LogP contribution in [-0.4, -0.2) is 0 Å². The fourth-order valence-corrected chi connectivity index (χ4v) is 2.81. The van der Waals surface area contributed by atoms with Crippen molar-refractivity contribution in [3.63, 3.8) is 0 Å². The van der Waals surface area contributed by atoms with Crippen LogP contribution in [0.2, 0.25) is 10.0 Å². The van der Waals surface area contributed by atoms with Gasteiger partial charge in [-0.2, -0.15) is 0 Å². The summed E-state index contributed by atoms with van der Waals surface area (Å²) in [7, 11) is 0. The van der Waals surface area contributed by atoms with Gasteiger partial charge in [0.2, 0.25) is 0 Å². The maximum absolute atomic E-state index is 6.08. The summed E-state index contributed by atoms with van der Waals surface area (Å²) < 4.78 is 0. The zero-order valence-electron chi connectivity index (χ0n) is 12.6. The Bertz CT molecular complexity index is 578. The van der Waals surface area contributed by atoms with E-state index in [1.165, 1.54) is 11.1 Å². The monoisotopic (exact) mass is 321 g/mol. The lowest BCUT2D eigenvalue weighted by molar-refractivity contribution is 0.374. The van der Waals surface area contributed by atoms with E-state index in [9.17, 15) is 0 Å². The molecule has 0 saturated heterocycles. The summed E-state index contributed by atoms with van der Waals surface area (Å²) in [5.74, 6) is 0.479. The quantitative estimate of drug-likeness (QED) is 0.707. The van der Waals surface area contributed by atoms with E-state index in [0.717, 1.165) is 10.0 Å². The number of hydrogen-bond donors (Lipinski definition) is 1. The van der Waals surface area contributed by atoms with Gasteiger partial charge in [0, 0.05) is 22.1 Å². The Labute approximate surface area is 137 Å². The molecule has 21 heavy (non-hydrogen) atoms. The second-order valence-electron chi connectivity index (χ2n) is 5.72. The molecule has 0 amide bonds. The zero-order valence-corrected chi connectivity index (χ0v) is 14.1. The van der Waals surface area contributed by atoms with Crippen LogP contribution in [0.4, 0.5) is 0 Å². The molecule has 2 unspecified atom stereocenters. The Morgan fingerprint density at radius 2 is 1.48 bits per heavy atom. The van der Waals surface area contributed by atoms with E-state index in [4.69, 9.17) is 23.2 Å². The minimum Gasteiger partial charge on any atom is -0.303 e. The van der Waals surface area contributed by atoms with E-state index in [2.05, 4.69) is 44.3 Å². The molecule has 0 aromatic heterocycles. The summed E-state index contributed by atoms with van der Waals surface area (Å²) >= 11 is 12.1. The molecule has 112 valence electrons. The highest BCUT2D eigenvalue weighted by Gasteiger charge is 2.18. The molecule has 0 radical (unpaired) electrons. The predicted molar refractivity (Wildman–Crippen MR) is 92.0 cm³/mol. The molecule has 0 aliphatic carbocycles. The molecule has 0 spiro atoms. The Morgan fingerprint density at radius 3 is 2.05 bits per heavy atom. The van der Waals surface area contributed by atoms with E-state index >= 15 is 0 Å². The second kappa shape index (κ2) is 7.31. The molecule has 0 bridgehead atoms. The molecule has 2 atom stereocenters. The van der Waals surface area contributed by atoms with Crippen molar-refractivity contribution in [1.82, 2.24) is 5.32 Å². The number of nitrogens with one attached hydrogen (secondary N) is 1. The van der Waals surface area contributed by atoms with Gasteiger partial charge in [-0.1, -0.05) is 61.3 Å². The van der Waals surface area contributed by atoms with Gasteiger partial charge in [-0.15, -0.1) is 0 Å². The second-order valence-corrected chi connectivity index (χ2v) is 6.59. The van der Waals surface area contributed by atoms with Crippen molar-refractivity contribution >= 4 is 23.2 Å². The highest BCUT2D eigenvalue weighted by atomic mass is 35.5. The van der Waals surface area contributed by atoms with Gasteiger partial charge in [0.05, 0.1) is 0 Å². The molecule has 1 N–H and O–H groups in total. The van der Waals surface area contributed by atoms with Crippen LogP contribution < -0.4 is 5.32 Å². The number of rotatable bonds is 5. The van der Waals surface area contributed by atoms with Crippen molar-refractivity contribution in [3.8, 4) is 0 Å². The minimum atomic E-state index is 0.228. The lowest BCUT2D eigenvalue weighted by Crippen LogP contribution is -2.28. The minimum absolute atomic E-state index is 0.228. The van der Waals surface area contributed by atoms with E-state index in [-0.39, 0.29) is 12.1 Å².